The van der Waals surface area contributed by atoms with E-state index in [4.69, 9.17) is 16.3 Å². The first kappa shape index (κ1) is 32.6. The fourth-order valence-electron chi connectivity index (χ4n) is 6.42. The molecule has 0 saturated carbocycles. The molecule has 47 heavy (non-hydrogen) atoms. The van der Waals surface area contributed by atoms with Crippen LogP contribution in [-0.2, 0) is 16.1 Å². The molecule has 1 unspecified atom stereocenters. The van der Waals surface area contributed by atoms with Gasteiger partial charge in [-0.1, -0.05) is 54.1 Å². The standard InChI is InChI=1S/C33H34ClF2N5O6/c34-27-16-25-30(41(27)23-8-6-22(7-9-23)26-18-47-15-14-40(26)32(44)45)37-20-39(31(25)43)19-33(46)10-12-38(13-11-33)28(42)17-24(29(35)36)21-4-2-1-3-5-21/h1-9,16,20,24,26,29,46H,10-15,17-19H2,(H,44,45)/t24?,26-/m0/s1. The molecule has 248 valence electrons. The molecule has 4 aromatic rings. The Hall–Kier alpha value is -4.33. The van der Waals surface area contributed by atoms with E-state index in [-0.39, 0.29) is 62.6 Å². The first-order valence-corrected chi connectivity index (χ1v) is 15.7. The second-order valence-electron chi connectivity index (χ2n) is 12.0. The van der Waals surface area contributed by atoms with Crippen LogP contribution >= 0.6 is 11.6 Å². The van der Waals surface area contributed by atoms with Crippen LogP contribution in [0.15, 0.2) is 71.8 Å². The normalized spacial score (nSPS) is 18.9. The van der Waals surface area contributed by atoms with Crippen molar-refractivity contribution >= 4 is 34.6 Å². The highest BCUT2D eigenvalue weighted by atomic mass is 35.5. The summed E-state index contributed by atoms with van der Waals surface area (Å²) in [5.41, 5.74) is 0.375. The maximum Gasteiger partial charge on any atom is 0.407 e. The number of halogens is 3. The number of hydrogen-bond donors (Lipinski definition) is 2. The van der Waals surface area contributed by atoms with Crippen molar-refractivity contribution in [2.75, 3.05) is 32.8 Å². The van der Waals surface area contributed by atoms with E-state index in [0.29, 0.717) is 23.5 Å². The number of alkyl halides is 2. The Kier molecular flexibility index (Phi) is 9.31. The number of carbonyl (C=O) groups excluding carboxylic acids is 1. The number of ether oxygens (including phenoxy) is 1. The number of nitrogens with zero attached hydrogens (tertiary/aromatic N) is 5. The topological polar surface area (TPSA) is 130 Å². The number of hydrogen-bond acceptors (Lipinski definition) is 6. The van der Waals surface area contributed by atoms with Crippen LogP contribution in [0.5, 0.6) is 0 Å². The molecule has 2 amide bonds. The molecule has 2 saturated heterocycles. The Balaban J connectivity index is 1.14. The number of aliphatic hydroxyl groups is 1. The SMILES string of the molecule is O=C(CC(c1ccccc1)C(F)F)N1CCC(O)(Cn2cnc3c(cc(Cl)n3-c3ccc([C@@H]4COCCN4C(=O)O)cc3)c2=O)CC1. The number of fused-ring (bicyclic) bond motifs is 1. The molecule has 11 nitrogen and oxygen atoms in total. The lowest BCUT2D eigenvalue weighted by atomic mass is 9.90. The summed E-state index contributed by atoms with van der Waals surface area (Å²) in [5.74, 6) is -1.62. The first-order valence-electron chi connectivity index (χ1n) is 15.3. The third kappa shape index (κ3) is 6.74. The van der Waals surface area contributed by atoms with Crippen molar-refractivity contribution in [1.82, 2.24) is 23.9 Å². The first-order chi connectivity index (χ1) is 22.5. The minimum absolute atomic E-state index is 0.0679. The van der Waals surface area contributed by atoms with Gasteiger partial charge in [0.1, 0.15) is 11.5 Å². The van der Waals surface area contributed by atoms with E-state index in [2.05, 4.69) is 4.98 Å². The number of morpholine rings is 1. The van der Waals surface area contributed by atoms with E-state index >= 15 is 0 Å². The molecular weight excluding hydrogens is 636 g/mol. The highest BCUT2D eigenvalue weighted by Gasteiger charge is 2.36. The van der Waals surface area contributed by atoms with Crippen LogP contribution in [0.2, 0.25) is 5.15 Å². The summed E-state index contributed by atoms with van der Waals surface area (Å²) in [4.78, 5) is 45.5. The third-order valence-electron chi connectivity index (χ3n) is 9.09. The zero-order valence-corrected chi connectivity index (χ0v) is 26.1. The fourth-order valence-corrected chi connectivity index (χ4v) is 6.70. The third-order valence-corrected chi connectivity index (χ3v) is 9.37. The van der Waals surface area contributed by atoms with Crippen molar-refractivity contribution in [3.8, 4) is 5.69 Å². The van der Waals surface area contributed by atoms with Crippen molar-refractivity contribution in [2.45, 2.75) is 49.8 Å². The molecule has 2 aromatic heterocycles. The lowest BCUT2D eigenvalue weighted by Gasteiger charge is -2.38. The Labute approximate surface area is 273 Å². The van der Waals surface area contributed by atoms with Crippen molar-refractivity contribution in [1.29, 1.82) is 0 Å². The minimum Gasteiger partial charge on any atom is -0.465 e. The lowest BCUT2D eigenvalue weighted by Crippen LogP contribution is -2.50. The van der Waals surface area contributed by atoms with Gasteiger partial charge in [-0.2, -0.15) is 0 Å². The Morgan fingerprint density at radius 1 is 1.06 bits per heavy atom. The molecule has 2 aromatic carbocycles. The van der Waals surface area contributed by atoms with Crippen LogP contribution in [0.4, 0.5) is 13.6 Å². The van der Waals surface area contributed by atoms with E-state index in [0.717, 1.165) is 5.56 Å². The predicted octanol–water partition coefficient (Wildman–Crippen LogP) is 4.68. The van der Waals surface area contributed by atoms with Gasteiger partial charge in [0, 0.05) is 31.7 Å². The summed E-state index contributed by atoms with van der Waals surface area (Å²) in [6.45, 7) is 1.12. The number of carboxylic acid groups (broad SMARTS) is 1. The molecule has 14 heteroatoms. The van der Waals surface area contributed by atoms with E-state index in [1.54, 1.807) is 59.2 Å². The minimum atomic E-state index is -2.69. The fraction of sp³-hybridized carbons (Fsp3) is 0.394. The summed E-state index contributed by atoms with van der Waals surface area (Å²) >= 11 is 6.57. The van der Waals surface area contributed by atoms with Crippen molar-refractivity contribution < 1.29 is 33.3 Å². The van der Waals surface area contributed by atoms with Gasteiger partial charge in [-0.3, -0.25) is 23.6 Å². The summed E-state index contributed by atoms with van der Waals surface area (Å²) in [6.07, 6.45) is -2.38. The number of piperidine rings is 1. The molecule has 4 heterocycles. The molecule has 0 aliphatic carbocycles. The van der Waals surface area contributed by atoms with Crippen LogP contribution in [0.25, 0.3) is 16.7 Å². The quantitative estimate of drug-likeness (QED) is 0.279. The van der Waals surface area contributed by atoms with Crippen molar-refractivity contribution in [3.63, 3.8) is 0 Å². The van der Waals surface area contributed by atoms with Gasteiger partial charge in [0.25, 0.3) is 5.56 Å². The van der Waals surface area contributed by atoms with Gasteiger partial charge in [-0.25, -0.2) is 18.6 Å². The summed E-state index contributed by atoms with van der Waals surface area (Å²) in [7, 11) is 0. The molecule has 2 fully saturated rings. The van der Waals surface area contributed by atoms with E-state index < -0.39 is 41.5 Å². The predicted molar refractivity (Wildman–Crippen MR) is 169 cm³/mol. The zero-order chi connectivity index (χ0) is 33.3. The average Bonchev–Trinajstić information content (AvgIpc) is 3.41. The van der Waals surface area contributed by atoms with E-state index in [1.165, 1.54) is 26.8 Å². The number of rotatable bonds is 8. The van der Waals surface area contributed by atoms with Gasteiger partial charge in [-0.05, 0) is 42.2 Å². The number of aromatic nitrogens is 3. The molecule has 0 bridgehead atoms. The van der Waals surface area contributed by atoms with Crippen LogP contribution in [0, 0.1) is 0 Å². The van der Waals surface area contributed by atoms with Gasteiger partial charge < -0.3 is 19.8 Å². The van der Waals surface area contributed by atoms with Gasteiger partial charge >= 0.3 is 6.09 Å². The summed E-state index contributed by atoms with van der Waals surface area (Å²) in [5, 5.41) is 21.4. The second-order valence-corrected chi connectivity index (χ2v) is 12.4. The average molecular weight is 670 g/mol. The smallest absolute Gasteiger partial charge is 0.407 e. The molecule has 2 atom stereocenters. The summed E-state index contributed by atoms with van der Waals surface area (Å²) in [6, 6.07) is 16.4. The van der Waals surface area contributed by atoms with Crippen LogP contribution in [-0.4, -0.2) is 91.0 Å². The molecule has 2 aliphatic heterocycles. The maximum atomic E-state index is 13.8. The van der Waals surface area contributed by atoms with Gasteiger partial charge in [-0.15, -0.1) is 0 Å². The van der Waals surface area contributed by atoms with Crippen molar-refractivity contribution in [3.05, 3.63) is 93.6 Å². The molecule has 6 rings (SSSR count). The van der Waals surface area contributed by atoms with Gasteiger partial charge in [0.2, 0.25) is 12.3 Å². The van der Waals surface area contributed by atoms with Crippen LogP contribution in [0.1, 0.15) is 42.3 Å². The number of likely N-dealkylation sites (tertiary alicyclic amines) is 1. The summed E-state index contributed by atoms with van der Waals surface area (Å²) < 4.78 is 36.0. The number of amides is 2. The number of benzene rings is 2. The van der Waals surface area contributed by atoms with E-state index in [1.807, 2.05) is 0 Å². The molecule has 2 N–H and O–H groups in total. The van der Waals surface area contributed by atoms with Crippen LogP contribution < -0.4 is 5.56 Å². The molecule has 0 spiro atoms. The maximum absolute atomic E-state index is 13.8. The highest BCUT2D eigenvalue weighted by Crippen LogP contribution is 2.31. The molecule has 2 aliphatic rings. The molecule has 0 radical (unpaired) electrons. The van der Waals surface area contributed by atoms with Crippen molar-refractivity contribution in [2.24, 2.45) is 0 Å². The Bertz CT molecular complexity index is 1810. The zero-order valence-electron chi connectivity index (χ0n) is 25.3. The Morgan fingerprint density at radius 2 is 1.77 bits per heavy atom. The monoisotopic (exact) mass is 669 g/mol. The second kappa shape index (κ2) is 13.4. The largest absolute Gasteiger partial charge is 0.465 e. The van der Waals surface area contributed by atoms with E-state index in [9.17, 15) is 33.4 Å². The van der Waals surface area contributed by atoms with Gasteiger partial charge in [0.05, 0.1) is 42.7 Å². The Morgan fingerprint density at radius 3 is 2.43 bits per heavy atom. The highest BCUT2D eigenvalue weighted by molar-refractivity contribution is 6.31. The van der Waals surface area contributed by atoms with Crippen LogP contribution in [0.3, 0.4) is 0 Å². The van der Waals surface area contributed by atoms with Gasteiger partial charge in [0.15, 0.2) is 5.65 Å². The lowest BCUT2D eigenvalue weighted by molar-refractivity contribution is -0.137. The number of carbonyl (C=O) groups is 2. The molecular formula is C33H34ClF2N5O6.